The second-order valence-electron chi connectivity index (χ2n) is 6.00. The SMILES string of the molecule is CSC1(CN=C2NC(CC(C)C)CS2)CCCC1. The Labute approximate surface area is 120 Å². The molecule has 2 nitrogen and oxygen atoms in total. The van der Waals surface area contributed by atoms with Gasteiger partial charge in [-0.15, -0.1) is 0 Å². The molecular weight excluding hydrogens is 260 g/mol. The third-order valence-corrected chi connectivity index (χ3v) is 6.46. The van der Waals surface area contributed by atoms with Gasteiger partial charge in [0, 0.05) is 16.5 Å². The molecule has 0 amide bonds. The molecule has 18 heavy (non-hydrogen) atoms. The molecule has 2 aliphatic rings. The molecule has 1 aliphatic heterocycles. The van der Waals surface area contributed by atoms with Crippen molar-refractivity contribution in [3.05, 3.63) is 0 Å². The van der Waals surface area contributed by atoms with Crippen molar-refractivity contribution in [3.63, 3.8) is 0 Å². The van der Waals surface area contributed by atoms with Gasteiger partial charge in [-0.3, -0.25) is 4.99 Å². The summed E-state index contributed by atoms with van der Waals surface area (Å²) in [7, 11) is 0. The molecule has 0 aromatic heterocycles. The Morgan fingerprint density at radius 3 is 2.78 bits per heavy atom. The van der Waals surface area contributed by atoms with E-state index in [0.29, 0.717) is 10.8 Å². The third-order valence-electron chi connectivity index (χ3n) is 3.96. The summed E-state index contributed by atoms with van der Waals surface area (Å²) in [5.74, 6) is 1.97. The van der Waals surface area contributed by atoms with E-state index < -0.39 is 0 Å². The van der Waals surface area contributed by atoms with Crippen molar-refractivity contribution in [1.29, 1.82) is 0 Å². The summed E-state index contributed by atoms with van der Waals surface area (Å²) in [4.78, 5) is 4.85. The second-order valence-corrected chi connectivity index (χ2v) is 8.28. The van der Waals surface area contributed by atoms with Crippen LogP contribution in [-0.2, 0) is 0 Å². The highest BCUT2D eigenvalue weighted by atomic mass is 32.2. The van der Waals surface area contributed by atoms with E-state index in [1.807, 2.05) is 23.5 Å². The zero-order valence-electron chi connectivity index (χ0n) is 11.9. The number of nitrogens with zero attached hydrogens (tertiary/aromatic N) is 1. The zero-order chi connectivity index (χ0) is 13.0. The highest BCUT2D eigenvalue weighted by molar-refractivity contribution is 8.14. The van der Waals surface area contributed by atoms with Crippen LogP contribution in [0.2, 0.25) is 0 Å². The lowest BCUT2D eigenvalue weighted by atomic mass is 10.1. The molecule has 1 saturated carbocycles. The molecule has 0 radical (unpaired) electrons. The van der Waals surface area contributed by atoms with Crippen LogP contribution in [0.4, 0.5) is 0 Å². The van der Waals surface area contributed by atoms with E-state index in [-0.39, 0.29) is 0 Å². The first-order chi connectivity index (χ1) is 8.63. The van der Waals surface area contributed by atoms with Gasteiger partial charge in [0.1, 0.15) is 0 Å². The molecule has 1 heterocycles. The Hall–Kier alpha value is 0.170. The molecule has 0 aromatic rings. The maximum absolute atomic E-state index is 4.85. The Bertz CT molecular complexity index is 296. The molecule has 1 unspecified atom stereocenters. The van der Waals surface area contributed by atoms with Crippen molar-refractivity contribution in [2.75, 3.05) is 18.6 Å². The van der Waals surface area contributed by atoms with Gasteiger partial charge >= 0.3 is 0 Å². The molecule has 4 heteroatoms. The van der Waals surface area contributed by atoms with Crippen molar-refractivity contribution in [2.24, 2.45) is 10.9 Å². The maximum Gasteiger partial charge on any atom is 0.156 e. The van der Waals surface area contributed by atoms with Crippen LogP contribution in [-0.4, -0.2) is 34.5 Å². The minimum atomic E-state index is 0.450. The summed E-state index contributed by atoms with van der Waals surface area (Å²) in [6.45, 7) is 5.60. The van der Waals surface area contributed by atoms with Crippen molar-refractivity contribution in [3.8, 4) is 0 Å². The van der Waals surface area contributed by atoms with Crippen molar-refractivity contribution in [2.45, 2.75) is 56.7 Å². The number of nitrogens with one attached hydrogen (secondary N) is 1. The summed E-state index contributed by atoms with van der Waals surface area (Å²) in [6, 6.07) is 0.641. The molecule has 1 saturated heterocycles. The highest BCUT2D eigenvalue weighted by Gasteiger charge is 2.33. The van der Waals surface area contributed by atoms with Crippen molar-refractivity contribution in [1.82, 2.24) is 5.32 Å². The average Bonchev–Trinajstić information content (AvgIpc) is 2.95. The molecular formula is C14H26N2S2. The number of aliphatic imine (C=N–C) groups is 1. The Morgan fingerprint density at radius 1 is 1.44 bits per heavy atom. The van der Waals surface area contributed by atoms with E-state index in [1.165, 1.54) is 43.0 Å². The second kappa shape index (κ2) is 6.56. The largest absolute Gasteiger partial charge is 0.361 e. The monoisotopic (exact) mass is 286 g/mol. The van der Waals surface area contributed by atoms with Gasteiger partial charge < -0.3 is 5.32 Å². The maximum atomic E-state index is 4.85. The first-order valence-corrected chi connectivity index (χ1v) is 9.33. The van der Waals surface area contributed by atoms with E-state index in [0.717, 1.165) is 12.5 Å². The molecule has 2 rings (SSSR count). The van der Waals surface area contributed by atoms with Crippen LogP contribution in [0.15, 0.2) is 4.99 Å². The van der Waals surface area contributed by atoms with Gasteiger partial charge in [-0.2, -0.15) is 11.8 Å². The van der Waals surface area contributed by atoms with Gasteiger partial charge in [-0.25, -0.2) is 0 Å². The summed E-state index contributed by atoms with van der Waals surface area (Å²) >= 11 is 3.95. The number of amidine groups is 1. The summed E-state index contributed by atoms with van der Waals surface area (Å²) < 4.78 is 0.450. The predicted molar refractivity (Wildman–Crippen MR) is 85.9 cm³/mol. The van der Waals surface area contributed by atoms with E-state index in [9.17, 15) is 0 Å². The van der Waals surface area contributed by atoms with Crippen molar-refractivity contribution >= 4 is 28.7 Å². The minimum Gasteiger partial charge on any atom is -0.361 e. The molecule has 1 atom stereocenters. The summed E-state index contributed by atoms with van der Waals surface area (Å²) in [5, 5.41) is 4.79. The van der Waals surface area contributed by atoms with E-state index in [1.54, 1.807) is 0 Å². The standard InChI is InChI=1S/C14H26N2S2/c1-11(2)8-12-9-18-13(16-12)15-10-14(17-3)6-4-5-7-14/h11-12H,4-10H2,1-3H3,(H,15,16). The van der Waals surface area contributed by atoms with Gasteiger partial charge in [0.25, 0.3) is 0 Å². The fraction of sp³-hybridized carbons (Fsp3) is 0.929. The molecule has 0 bridgehead atoms. The minimum absolute atomic E-state index is 0.450. The van der Waals surface area contributed by atoms with Crippen LogP contribution < -0.4 is 5.32 Å². The van der Waals surface area contributed by atoms with Crippen LogP contribution >= 0.6 is 23.5 Å². The van der Waals surface area contributed by atoms with Crippen LogP contribution in [0.3, 0.4) is 0 Å². The van der Waals surface area contributed by atoms with Gasteiger partial charge in [0.15, 0.2) is 5.17 Å². The zero-order valence-corrected chi connectivity index (χ0v) is 13.5. The molecule has 1 N–H and O–H groups in total. The predicted octanol–water partition coefficient (Wildman–Crippen LogP) is 3.77. The smallest absolute Gasteiger partial charge is 0.156 e. The number of thioether (sulfide) groups is 2. The van der Waals surface area contributed by atoms with Crippen LogP contribution in [0.1, 0.15) is 46.0 Å². The van der Waals surface area contributed by atoms with E-state index >= 15 is 0 Å². The molecule has 1 aliphatic carbocycles. The summed E-state index contributed by atoms with van der Waals surface area (Å²) in [6.07, 6.45) is 9.00. The Kier molecular flexibility index (Phi) is 5.31. The van der Waals surface area contributed by atoms with Gasteiger partial charge in [-0.05, 0) is 31.4 Å². The first-order valence-electron chi connectivity index (χ1n) is 7.12. The van der Waals surface area contributed by atoms with Crippen LogP contribution in [0.5, 0.6) is 0 Å². The quantitative estimate of drug-likeness (QED) is 0.832. The normalized spacial score (nSPS) is 29.1. The van der Waals surface area contributed by atoms with Crippen LogP contribution in [0.25, 0.3) is 0 Å². The molecule has 0 aromatic carbocycles. The van der Waals surface area contributed by atoms with Gasteiger partial charge in [0.05, 0.1) is 6.54 Å². The van der Waals surface area contributed by atoms with E-state index in [4.69, 9.17) is 4.99 Å². The van der Waals surface area contributed by atoms with Crippen molar-refractivity contribution < 1.29 is 0 Å². The van der Waals surface area contributed by atoms with Gasteiger partial charge in [0.2, 0.25) is 0 Å². The Balaban J connectivity index is 1.83. The van der Waals surface area contributed by atoms with Crippen LogP contribution in [0, 0.1) is 5.92 Å². The number of hydrogen-bond acceptors (Lipinski definition) is 3. The topological polar surface area (TPSA) is 24.4 Å². The lowest BCUT2D eigenvalue weighted by Crippen LogP contribution is -2.30. The lowest BCUT2D eigenvalue weighted by molar-refractivity contribution is 0.502. The van der Waals surface area contributed by atoms with Gasteiger partial charge in [-0.1, -0.05) is 38.5 Å². The lowest BCUT2D eigenvalue weighted by Gasteiger charge is -2.24. The fourth-order valence-electron chi connectivity index (χ4n) is 2.89. The fourth-order valence-corrected chi connectivity index (χ4v) is 4.76. The number of rotatable bonds is 5. The van der Waals surface area contributed by atoms with E-state index in [2.05, 4.69) is 25.4 Å². The highest BCUT2D eigenvalue weighted by Crippen LogP contribution is 2.40. The molecule has 2 fully saturated rings. The molecule has 104 valence electrons. The third kappa shape index (κ3) is 3.83. The number of hydrogen-bond donors (Lipinski definition) is 1. The molecule has 0 spiro atoms. The first kappa shape index (κ1) is 14.6. The average molecular weight is 287 g/mol. The summed E-state index contributed by atoms with van der Waals surface area (Å²) in [5.41, 5.74) is 0. The Morgan fingerprint density at radius 2 is 2.17 bits per heavy atom.